The van der Waals surface area contributed by atoms with Crippen LogP contribution >= 0.6 is 47.6 Å². The molecule has 2 aromatic carbocycles. The Morgan fingerprint density at radius 1 is 0.676 bits per heavy atom. The molecule has 4 nitrogen and oxygen atoms in total. The van der Waals surface area contributed by atoms with Crippen LogP contribution in [0.15, 0.2) is 36.4 Å². The van der Waals surface area contributed by atoms with Gasteiger partial charge in [0.05, 0.1) is 21.4 Å². The van der Waals surface area contributed by atoms with Crippen LogP contribution in [-0.2, 0) is 6.42 Å². The number of hydrogen-bond acceptors (Lipinski definition) is 2. The van der Waals surface area contributed by atoms with Crippen LogP contribution < -0.4 is 21.3 Å². The van der Waals surface area contributed by atoms with Crippen molar-refractivity contribution in [3.05, 3.63) is 57.6 Å². The maximum absolute atomic E-state index is 6.62. The zero-order valence-electron chi connectivity index (χ0n) is 20.9. The van der Waals surface area contributed by atoms with Gasteiger partial charge in [-0.1, -0.05) is 48.2 Å². The highest BCUT2D eigenvalue weighted by Gasteiger charge is 2.40. The van der Waals surface area contributed by atoms with Crippen molar-refractivity contribution in [1.29, 1.82) is 0 Å². The topological polar surface area (TPSA) is 48.1 Å². The summed E-state index contributed by atoms with van der Waals surface area (Å²) < 4.78 is 0. The van der Waals surface area contributed by atoms with E-state index in [2.05, 4.69) is 33.4 Å². The third kappa shape index (κ3) is 5.88. The largest absolute Gasteiger partial charge is 0.359 e. The average molecular weight is 574 g/mol. The summed E-state index contributed by atoms with van der Waals surface area (Å²) in [7, 11) is 0. The third-order valence-electron chi connectivity index (χ3n) is 9.08. The lowest BCUT2D eigenvalue weighted by molar-refractivity contribution is 0.392. The zero-order valence-corrected chi connectivity index (χ0v) is 24.0. The van der Waals surface area contributed by atoms with Crippen molar-refractivity contribution in [2.75, 3.05) is 10.6 Å². The Morgan fingerprint density at radius 3 is 1.49 bits per heavy atom. The summed E-state index contributed by atoms with van der Waals surface area (Å²) in [5.41, 5.74) is 3.90. The van der Waals surface area contributed by atoms with Crippen LogP contribution in [0.5, 0.6) is 0 Å². The fraction of sp³-hybridized carbons (Fsp3) is 0.517. The summed E-state index contributed by atoms with van der Waals surface area (Å²) >= 11 is 24.4. The predicted molar refractivity (Wildman–Crippen MR) is 163 cm³/mol. The van der Waals surface area contributed by atoms with Gasteiger partial charge in [-0.3, -0.25) is 0 Å². The minimum absolute atomic E-state index is 0.502. The maximum atomic E-state index is 6.62. The summed E-state index contributed by atoms with van der Waals surface area (Å²) in [4.78, 5) is 0. The SMILES string of the molecule is S=C(Nc1ccc(Cc2ccc(NC(=S)N[C@@H]3C[C@@H]4CC[C@@H]3C4)c(Cl)c2)cc1Cl)N[C@H]1C[C@H]2CC[C@H]1C2. The molecule has 4 bridgehead atoms. The first-order valence-corrected chi connectivity index (χ1v) is 15.2. The van der Waals surface area contributed by atoms with Crippen LogP contribution in [0.25, 0.3) is 0 Å². The standard InChI is InChI=1S/C29H34Cl2N4S2/c30-22-12-16(3-7-24(22)32-28(36)34-26-14-18-1-5-20(26)10-18)9-17-4-8-25(23(31)13-17)33-29(37)35-27-15-19-2-6-21(27)11-19/h3-4,7-8,12-13,18-21,26-27H,1-2,5-6,9-11,14-15H2,(H2,32,34,36)(H2,33,35,37)/t18-,19+,20-,21+,26-,27+. The highest BCUT2D eigenvalue weighted by molar-refractivity contribution is 7.80. The molecule has 0 amide bonds. The fourth-order valence-electron chi connectivity index (χ4n) is 7.27. The van der Waals surface area contributed by atoms with Crippen LogP contribution in [0.3, 0.4) is 0 Å². The van der Waals surface area contributed by atoms with E-state index in [1.165, 1.54) is 51.4 Å². The molecule has 4 aliphatic carbocycles. The Balaban J connectivity index is 1.02. The summed E-state index contributed by atoms with van der Waals surface area (Å²) in [5, 5.41) is 16.3. The monoisotopic (exact) mass is 572 g/mol. The molecule has 4 aliphatic rings. The van der Waals surface area contributed by atoms with Gasteiger partial charge in [-0.05, 0) is 128 Å². The van der Waals surface area contributed by atoms with E-state index >= 15 is 0 Å². The number of halogens is 2. The van der Waals surface area contributed by atoms with E-state index < -0.39 is 0 Å². The van der Waals surface area contributed by atoms with Gasteiger partial charge in [0, 0.05) is 12.1 Å². The van der Waals surface area contributed by atoms with Crippen molar-refractivity contribution in [2.45, 2.75) is 69.9 Å². The number of thiocarbonyl (C=S) groups is 2. The molecule has 4 saturated carbocycles. The molecule has 196 valence electrons. The van der Waals surface area contributed by atoms with E-state index in [0.717, 1.165) is 52.6 Å². The Morgan fingerprint density at radius 2 is 1.14 bits per heavy atom. The first-order chi connectivity index (χ1) is 17.9. The van der Waals surface area contributed by atoms with Crippen molar-refractivity contribution in [3.8, 4) is 0 Å². The number of nitrogens with one attached hydrogen (secondary N) is 4. The van der Waals surface area contributed by atoms with Crippen molar-refractivity contribution in [2.24, 2.45) is 23.7 Å². The highest BCUT2D eigenvalue weighted by Crippen LogP contribution is 2.45. The van der Waals surface area contributed by atoms with Crippen molar-refractivity contribution in [1.82, 2.24) is 10.6 Å². The molecule has 4 fully saturated rings. The van der Waals surface area contributed by atoms with E-state index in [4.69, 9.17) is 47.6 Å². The first kappa shape index (κ1) is 25.7. The maximum Gasteiger partial charge on any atom is 0.171 e. The zero-order chi connectivity index (χ0) is 25.5. The normalized spacial score (nSPS) is 29.4. The molecule has 37 heavy (non-hydrogen) atoms. The molecule has 2 aromatic rings. The Labute approximate surface area is 240 Å². The van der Waals surface area contributed by atoms with Gasteiger partial charge in [0.25, 0.3) is 0 Å². The Bertz CT molecular complexity index is 1110. The van der Waals surface area contributed by atoms with Crippen LogP contribution in [0.2, 0.25) is 10.0 Å². The lowest BCUT2D eigenvalue weighted by atomic mass is 9.95. The number of benzene rings is 2. The number of fused-ring (bicyclic) bond motifs is 4. The lowest BCUT2D eigenvalue weighted by Gasteiger charge is -2.25. The minimum Gasteiger partial charge on any atom is -0.359 e. The summed E-state index contributed by atoms with van der Waals surface area (Å²) in [6, 6.07) is 13.2. The second kappa shape index (κ2) is 10.9. The van der Waals surface area contributed by atoms with Gasteiger partial charge in [-0.2, -0.15) is 0 Å². The molecule has 6 rings (SSSR count). The van der Waals surface area contributed by atoms with Gasteiger partial charge < -0.3 is 21.3 Å². The van der Waals surface area contributed by atoms with E-state index in [1.807, 2.05) is 24.3 Å². The quantitative estimate of drug-likeness (QED) is 0.268. The van der Waals surface area contributed by atoms with Crippen molar-refractivity contribution in [3.63, 3.8) is 0 Å². The second-order valence-electron chi connectivity index (χ2n) is 11.6. The molecule has 0 aromatic heterocycles. The van der Waals surface area contributed by atoms with Crippen molar-refractivity contribution >= 4 is 69.2 Å². The first-order valence-electron chi connectivity index (χ1n) is 13.6. The summed E-state index contributed by atoms with van der Waals surface area (Å²) in [6.45, 7) is 0. The third-order valence-corrected chi connectivity index (χ3v) is 10.1. The van der Waals surface area contributed by atoms with Gasteiger partial charge in [0.2, 0.25) is 0 Å². The predicted octanol–water partition coefficient (Wildman–Crippen LogP) is 7.53. The molecule has 0 spiro atoms. The molecule has 0 unspecified atom stereocenters. The van der Waals surface area contributed by atoms with Crippen LogP contribution in [0, 0.1) is 23.7 Å². The van der Waals surface area contributed by atoms with E-state index in [-0.39, 0.29) is 0 Å². The van der Waals surface area contributed by atoms with E-state index in [9.17, 15) is 0 Å². The highest BCUT2D eigenvalue weighted by atomic mass is 35.5. The van der Waals surface area contributed by atoms with Gasteiger partial charge >= 0.3 is 0 Å². The lowest BCUT2D eigenvalue weighted by Crippen LogP contribution is -2.40. The van der Waals surface area contributed by atoms with Gasteiger partial charge in [-0.25, -0.2) is 0 Å². The number of rotatable bonds is 6. The molecule has 0 heterocycles. The van der Waals surface area contributed by atoms with Crippen LogP contribution in [-0.4, -0.2) is 22.3 Å². The number of hydrogen-bond donors (Lipinski definition) is 4. The Kier molecular flexibility index (Phi) is 7.54. The summed E-state index contributed by atoms with van der Waals surface area (Å²) in [6.07, 6.45) is 11.3. The van der Waals surface area contributed by atoms with E-state index in [1.54, 1.807) is 0 Å². The molecule has 4 N–H and O–H groups in total. The molecule has 0 aliphatic heterocycles. The molecule has 8 heteroatoms. The van der Waals surface area contributed by atoms with Crippen LogP contribution in [0.1, 0.15) is 62.5 Å². The van der Waals surface area contributed by atoms with Gasteiger partial charge in [-0.15, -0.1) is 0 Å². The van der Waals surface area contributed by atoms with Gasteiger partial charge in [0.1, 0.15) is 0 Å². The van der Waals surface area contributed by atoms with E-state index in [0.29, 0.717) is 32.4 Å². The summed E-state index contributed by atoms with van der Waals surface area (Å²) in [5.74, 6) is 3.30. The molecular weight excluding hydrogens is 539 g/mol. The van der Waals surface area contributed by atoms with Crippen molar-refractivity contribution < 1.29 is 0 Å². The smallest absolute Gasteiger partial charge is 0.171 e. The average Bonchev–Trinajstić information content (AvgIpc) is 3.65. The molecular formula is C29H34Cl2N4S2. The molecule has 6 atom stereocenters. The van der Waals surface area contributed by atoms with Crippen LogP contribution in [0.4, 0.5) is 11.4 Å². The minimum atomic E-state index is 0.502. The number of anilines is 2. The molecule has 0 radical (unpaired) electrons. The molecule has 0 saturated heterocycles. The second-order valence-corrected chi connectivity index (χ2v) is 13.2. The Hall–Kier alpha value is -1.60. The van der Waals surface area contributed by atoms with Gasteiger partial charge in [0.15, 0.2) is 10.2 Å². The fourth-order valence-corrected chi connectivity index (χ4v) is 8.30.